The lowest BCUT2D eigenvalue weighted by Gasteiger charge is -2.26. The Labute approximate surface area is 79.4 Å². The van der Waals surface area contributed by atoms with E-state index in [1.54, 1.807) is 0 Å². The molecule has 0 radical (unpaired) electrons. The third-order valence-electron chi connectivity index (χ3n) is 1.98. The summed E-state index contributed by atoms with van der Waals surface area (Å²) in [4.78, 5) is 10.9. The lowest BCUT2D eigenvalue weighted by molar-refractivity contribution is -0.194. The average molecular weight is 238 g/mol. The maximum atomic E-state index is 11.3. The van der Waals surface area contributed by atoms with Gasteiger partial charge in [0.25, 0.3) is 11.7 Å². The molecule has 1 heterocycles. The van der Waals surface area contributed by atoms with Crippen molar-refractivity contribution >= 4 is 21.8 Å². The summed E-state index contributed by atoms with van der Waals surface area (Å²) in [7, 11) is 1.32. The van der Waals surface area contributed by atoms with Gasteiger partial charge in [0.15, 0.2) is 0 Å². The smallest absolute Gasteiger partial charge is 0.281 e. The zero-order valence-electron chi connectivity index (χ0n) is 6.84. The molecule has 1 fully saturated rings. The number of ether oxygens (including phenoxy) is 1. The summed E-state index contributed by atoms with van der Waals surface area (Å²) in [6.07, 6.45) is 1.55. The molecule has 12 heavy (non-hydrogen) atoms. The Morgan fingerprint density at radius 3 is 3.08 bits per heavy atom. The fourth-order valence-corrected chi connectivity index (χ4v) is 1.89. The lowest BCUT2D eigenvalue weighted by atomic mass is 10.1. The highest BCUT2D eigenvalue weighted by atomic mass is 79.9. The first-order valence-corrected chi connectivity index (χ1v) is 4.72. The minimum atomic E-state index is -1.71. The first-order valence-electron chi connectivity index (χ1n) is 3.81. The molecular formula is C7H12BrNO3. The summed E-state index contributed by atoms with van der Waals surface area (Å²) in [6.45, 7) is 0.590. The summed E-state index contributed by atoms with van der Waals surface area (Å²) in [5.41, 5.74) is 0. The second-order valence-electron chi connectivity index (χ2n) is 2.77. The molecule has 4 nitrogen and oxygen atoms in total. The molecule has 1 aliphatic rings. The van der Waals surface area contributed by atoms with Crippen LogP contribution in [0, 0.1) is 0 Å². The van der Waals surface area contributed by atoms with Crippen LogP contribution in [0.2, 0.25) is 0 Å². The van der Waals surface area contributed by atoms with Gasteiger partial charge >= 0.3 is 0 Å². The van der Waals surface area contributed by atoms with Crippen LogP contribution in [0.1, 0.15) is 12.8 Å². The van der Waals surface area contributed by atoms with E-state index in [9.17, 15) is 9.90 Å². The molecule has 5 heteroatoms. The quantitative estimate of drug-likeness (QED) is 0.499. The molecule has 0 aromatic carbocycles. The molecule has 2 atom stereocenters. The van der Waals surface area contributed by atoms with Gasteiger partial charge in [-0.25, -0.2) is 0 Å². The number of alkyl halides is 1. The van der Waals surface area contributed by atoms with Crippen LogP contribution in [-0.4, -0.2) is 35.3 Å². The number of halogens is 1. The number of carbonyl (C=O) groups excluding carboxylic acids is 1. The van der Waals surface area contributed by atoms with Gasteiger partial charge in [0, 0.05) is 13.7 Å². The van der Waals surface area contributed by atoms with Gasteiger partial charge in [-0.15, -0.1) is 0 Å². The number of nitrogens with one attached hydrogen (secondary N) is 1. The van der Waals surface area contributed by atoms with Crippen molar-refractivity contribution in [3.05, 3.63) is 0 Å². The minimum Gasteiger partial charge on any atom is -0.357 e. The number of aliphatic hydroxyl groups is 1. The van der Waals surface area contributed by atoms with Crippen LogP contribution in [-0.2, 0) is 9.53 Å². The van der Waals surface area contributed by atoms with E-state index in [2.05, 4.69) is 21.2 Å². The van der Waals surface area contributed by atoms with Gasteiger partial charge < -0.3 is 15.2 Å². The SMILES string of the molecule is COC1(O)C(=O)NCCCC1Br. The predicted octanol–water partition coefficient (Wildman–Crippen LogP) is -0.00510. The first kappa shape index (κ1) is 9.95. The van der Waals surface area contributed by atoms with Crippen molar-refractivity contribution < 1.29 is 14.6 Å². The average Bonchev–Trinajstić information content (AvgIpc) is 2.19. The van der Waals surface area contributed by atoms with Gasteiger partial charge in [-0.2, -0.15) is 0 Å². The molecule has 0 bridgehead atoms. The first-order chi connectivity index (χ1) is 5.61. The number of carbonyl (C=O) groups is 1. The predicted molar refractivity (Wildman–Crippen MR) is 46.9 cm³/mol. The number of methoxy groups -OCH3 is 1. The van der Waals surface area contributed by atoms with E-state index in [4.69, 9.17) is 4.74 Å². The molecule has 1 rings (SSSR count). The van der Waals surface area contributed by atoms with Gasteiger partial charge in [0.05, 0.1) is 4.83 Å². The van der Waals surface area contributed by atoms with Gasteiger partial charge in [-0.1, -0.05) is 15.9 Å². The van der Waals surface area contributed by atoms with E-state index in [0.717, 1.165) is 6.42 Å². The lowest BCUT2D eigenvalue weighted by Crippen LogP contribution is -2.52. The van der Waals surface area contributed by atoms with E-state index in [1.807, 2.05) is 0 Å². The van der Waals surface area contributed by atoms with Crippen LogP contribution in [0.3, 0.4) is 0 Å². The molecule has 1 aliphatic heterocycles. The van der Waals surface area contributed by atoms with Crippen molar-refractivity contribution in [1.82, 2.24) is 5.32 Å². The van der Waals surface area contributed by atoms with Crippen LogP contribution in [0.4, 0.5) is 0 Å². The largest absolute Gasteiger partial charge is 0.357 e. The standard InChI is InChI=1S/C7H12BrNO3/c1-12-7(11)5(8)3-2-4-9-6(7)10/h5,11H,2-4H2,1H3,(H,9,10). The molecule has 2 unspecified atom stereocenters. The molecule has 0 aromatic heterocycles. The maximum Gasteiger partial charge on any atom is 0.281 e. The Morgan fingerprint density at radius 1 is 1.83 bits per heavy atom. The number of amides is 1. The Balaban J connectivity index is 2.81. The molecule has 1 amide bonds. The number of rotatable bonds is 1. The molecule has 0 aromatic rings. The third kappa shape index (κ3) is 1.62. The highest BCUT2D eigenvalue weighted by Gasteiger charge is 2.44. The van der Waals surface area contributed by atoms with Crippen molar-refractivity contribution in [2.45, 2.75) is 23.5 Å². The van der Waals surface area contributed by atoms with Crippen molar-refractivity contribution in [1.29, 1.82) is 0 Å². The second kappa shape index (κ2) is 3.72. The van der Waals surface area contributed by atoms with E-state index in [0.29, 0.717) is 13.0 Å². The molecule has 0 aliphatic carbocycles. The second-order valence-corrected chi connectivity index (χ2v) is 3.87. The zero-order chi connectivity index (χ0) is 9.19. The Hall–Kier alpha value is -0.130. The van der Waals surface area contributed by atoms with Crippen molar-refractivity contribution in [3.8, 4) is 0 Å². The normalized spacial score (nSPS) is 37.2. The maximum absolute atomic E-state index is 11.3. The van der Waals surface area contributed by atoms with E-state index >= 15 is 0 Å². The van der Waals surface area contributed by atoms with Gasteiger partial charge in [-0.3, -0.25) is 4.79 Å². The van der Waals surface area contributed by atoms with E-state index < -0.39 is 11.7 Å². The van der Waals surface area contributed by atoms with Gasteiger partial charge in [-0.05, 0) is 12.8 Å². The number of hydrogen-bond donors (Lipinski definition) is 2. The van der Waals surface area contributed by atoms with Crippen molar-refractivity contribution in [2.24, 2.45) is 0 Å². The molecule has 70 valence electrons. The fraction of sp³-hybridized carbons (Fsp3) is 0.857. The molecule has 1 saturated heterocycles. The Bertz CT molecular complexity index is 187. The topological polar surface area (TPSA) is 58.6 Å². The summed E-state index contributed by atoms with van der Waals surface area (Å²) in [5, 5.41) is 12.3. The van der Waals surface area contributed by atoms with Gasteiger partial charge in [0.2, 0.25) is 0 Å². The minimum absolute atomic E-state index is 0.336. The van der Waals surface area contributed by atoms with E-state index in [-0.39, 0.29) is 4.83 Å². The summed E-state index contributed by atoms with van der Waals surface area (Å²) < 4.78 is 4.78. The Morgan fingerprint density at radius 2 is 2.50 bits per heavy atom. The van der Waals surface area contributed by atoms with Crippen molar-refractivity contribution in [2.75, 3.05) is 13.7 Å². The van der Waals surface area contributed by atoms with Crippen molar-refractivity contribution in [3.63, 3.8) is 0 Å². The van der Waals surface area contributed by atoms with Crippen LogP contribution < -0.4 is 5.32 Å². The third-order valence-corrected chi connectivity index (χ3v) is 3.06. The monoisotopic (exact) mass is 237 g/mol. The molecule has 0 spiro atoms. The highest BCUT2D eigenvalue weighted by Crippen LogP contribution is 2.25. The Kier molecular flexibility index (Phi) is 3.09. The van der Waals surface area contributed by atoms with Gasteiger partial charge in [0.1, 0.15) is 0 Å². The zero-order valence-corrected chi connectivity index (χ0v) is 8.43. The van der Waals surface area contributed by atoms with E-state index in [1.165, 1.54) is 7.11 Å². The van der Waals surface area contributed by atoms with Crippen LogP contribution >= 0.6 is 15.9 Å². The van der Waals surface area contributed by atoms with Crippen LogP contribution in [0.25, 0.3) is 0 Å². The summed E-state index contributed by atoms with van der Waals surface area (Å²) in [5.74, 6) is -2.18. The molecule has 2 N–H and O–H groups in total. The number of hydrogen-bond acceptors (Lipinski definition) is 3. The fourth-order valence-electron chi connectivity index (χ4n) is 1.17. The van der Waals surface area contributed by atoms with Crippen LogP contribution in [0.5, 0.6) is 0 Å². The summed E-state index contributed by atoms with van der Waals surface area (Å²) >= 11 is 3.23. The molecular weight excluding hydrogens is 226 g/mol. The summed E-state index contributed by atoms with van der Waals surface area (Å²) in [6, 6.07) is 0. The molecule has 0 saturated carbocycles. The highest BCUT2D eigenvalue weighted by molar-refractivity contribution is 9.09. The van der Waals surface area contributed by atoms with Crippen LogP contribution in [0.15, 0.2) is 0 Å².